The van der Waals surface area contributed by atoms with Gasteiger partial charge in [-0.2, -0.15) is 0 Å². The van der Waals surface area contributed by atoms with Crippen molar-refractivity contribution in [2.75, 3.05) is 53.0 Å². The number of para-hydroxylation sites is 1. The highest BCUT2D eigenvalue weighted by Gasteiger charge is 2.32. The SMILES string of the molecule is CN(Cc1nc2ccccc2s1)C(=O)[C@H]1CCC(=O)N(CCN2CCOCC2)C1. The van der Waals surface area contributed by atoms with Crippen molar-refractivity contribution in [3.05, 3.63) is 29.3 Å². The number of hydrogen-bond donors (Lipinski definition) is 0. The summed E-state index contributed by atoms with van der Waals surface area (Å²) >= 11 is 1.63. The van der Waals surface area contributed by atoms with E-state index in [4.69, 9.17) is 4.74 Å². The minimum atomic E-state index is -0.128. The van der Waals surface area contributed by atoms with Gasteiger partial charge in [-0.15, -0.1) is 11.3 Å². The van der Waals surface area contributed by atoms with Gasteiger partial charge in [-0.3, -0.25) is 14.5 Å². The van der Waals surface area contributed by atoms with E-state index in [9.17, 15) is 9.59 Å². The van der Waals surface area contributed by atoms with Crippen LogP contribution in [0.3, 0.4) is 0 Å². The van der Waals surface area contributed by atoms with Gasteiger partial charge in [-0.25, -0.2) is 4.98 Å². The molecule has 0 spiro atoms. The van der Waals surface area contributed by atoms with Gasteiger partial charge in [-0.1, -0.05) is 12.1 Å². The van der Waals surface area contributed by atoms with Gasteiger partial charge in [0, 0.05) is 46.2 Å². The molecular formula is C21H28N4O3S. The van der Waals surface area contributed by atoms with E-state index in [1.54, 1.807) is 16.2 Å². The second-order valence-electron chi connectivity index (χ2n) is 7.80. The predicted molar refractivity (Wildman–Crippen MR) is 113 cm³/mol. The Kier molecular flexibility index (Phi) is 6.42. The lowest BCUT2D eigenvalue weighted by Crippen LogP contribution is -2.49. The molecule has 29 heavy (non-hydrogen) atoms. The van der Waals surface area contributed by atoms with E-state index in [0.29, 0.717) is 32.5 Å². The summed E-state index contributed by atoms with van der Waals surface area (Å²) in [6.07, 6.45) is 1.09. The number of carbonyl (C=O) groups is 2. The molecule has 1 aromatic carbocycles. The summed E-state index contributed by atoms with van der Waals surface area (Å²) in [6.45, 7) is 5.90. The number of piperidine rings is 1. The van der Waals surface area contributed by atoms with Crippen molar-refractivity contribution >= 4 is 33.4 Å². The van der Waals surface area contributed by atoms with Gasteiger partial charge < -0.3 is 14.5 Å². The monoisotopic (exact) mass is 416 g/mol. The van der Waals surface area contributed by atoms with Gasteiger partial charge in [0.05, 0.1) is 35.9 Å². The van der Waals surface area contributed by atoms with Gasteiger partial charge in [0.15, 0.2) is 0 Å². The van der Waals surface area contributed by atoms with Crippen LogP contribution in [0.15, 0.2) is 24.3 Å². The molecule has 2 fully saturated rings. The third-order valence-electron chi connectivity index (χ3n) is 5.73. The molecule has 0 N–H and O–H groups in total. The number of aromatic nitrogens is 1. The average molecular weight is 417 g/mol. The van der Waals surface area contributed by atoms with Crippen LogP contribution in [0.4, 0.5) is 0 Å². The molecule has 0 saturated carbocycles. The second kappa shape index (κ2) is 9.19. The van der Waals surface area contributed by atoms with Crippen molar-refractivity contribution in [3.8, 4) is 0 Å². The van der Waals surface area contributed by atoms with E-state index < -0.39 is 0 Å². The first kappa shape index (κ1) is 20.3. The molecule has 0 unspecified atom stereocenters. The van der Waals surface area contributed by atoms with Gasteiger partial charge >= 0.3 is 0 Å². The largest absolute Gasteiger partial charge is 0.379 e. The van der Waals surface area contributed by atoms with E-state index in [2.05, 4.69) is 16.0 Å². The lowest BCUT2D eigenvalue weighted by Gasteiger charge is -2.35. The molecule has 8 heteroatoms. The number of amides is 2. The molecule has 1 aromatic heterocycles. The summed E-state index contributed by atoms with van der Waals surface area (Å²) in [5, 5.41) is 0.943. The van der Waals surface area contributed by atoms with Crippen molar-refractivity contribution in [1.82, 2.24) is 19.7 Å². The first-order valence-electron chi connectivity index (χ1n) is 10.3. The van der Waals surface area contributed by atoms with E-state index in [1.165, 1.54) is 0 Å². The molecule has 0 aliphatic carbocycles. The Labute approximate surface area is 175 Å². The zero-order valence-corrected chi connectivity index (χ0v) is 17.7. The number of carbonyl (C=O) groups excluding carboxylic acids is 2. The fourth-order valence-corrected chi connectivity index (χ4v) is 5.02. The van der Waals surface area contributed by atoms with Crippen LogP contribution in [0, 0.1) is 5.92 Å². The maximum absolute atomic E-state index is 13.0. The Bertz CT molecular complexity index is 831. The Morgan fingerprint density at radius 1 is 1.28 bits per heavy atom. The molecule has 2 aromatic rings. The van der Waals surface area contributed by atoms with Crippen molar-refractivity contribution in [1.29, 1.82) is 0 Å². The highest BCUT2D eigenvalue weighted by molar-refractivity contribution is 7.18. The summed E-state index contributed by atoms with van der Waals surface area (Å²) in [4.78, 5) is 35.9. The number of ether oxygens (including phenoxy) is 1. The van der Waals surface area contributed by atoms with Crippen LogP contribution in [0.2, 0.25) is 0 Å². The molecule has 156 valence electrons. The molecule has 2 aliphatic heterocycles. The van der Waals surface area contributed by atoms with E-state index in [1.807, 2.05) is 30.1 Å². The maximum Gasteiger partial charge on any atom is 0.227 e. The highest BCUT2D eigenvalue weighted by Crippen LogP contribution is 2.24. The number of hydrogen-bond acceptors (Lipinski definition) is 6. The third-order valence-corrected chi connectivity index (χ3v) is 6.75. The first-order valence-corrected chi connectivity index (χ1v) is 11.1. The summed E-state index contributed by atoms with van der Waals surface area (Å²) in [6, 6.07) is 8.03. The van der Waals surface area contributed by atoms with Crippen LogP contribution in [0.5, 0.6) is 0 Å². The summed E-state index contributed by atoms with van der Waals surface area (Å²) in [5.41, 5.74) is 0.978. The fourth-order valence-electron chi connectivity index (χ4n) is 4.00. The van der Waals surface area contributed by atoms with Crippen LogP contribution >= 0.6 is 11.3 Å². The van der Waals surface area contributed by atoms with Crippen LogP contribution < -0.4 is 0 Å². The molecule has 2 aliphatic rings. The Hall–Kier alpha value is -2.03. The minimum absolute atomic E-state index is 0.105. The quantitative estimate of drug-likeness (QED) is 0.719. The van der Waals surface area contributed by atoms with Crippen molar-refractivity contribution in [3.63, 3.8) is 0 Å². The Morgan fingerprint density at radius 2 is 2.07 bits per heavy atom. The maximum atomic E-state index is 13.0. The number of morpholine rings is 1. The molecule has 4 rings (SSSR count). The lowest BCUT2D eigenvalue weighted by atomic mass is 9.96. The van der Waals surface area contributed by atoms with Gasteiger partial charge in [-0.05, 0) is 18.6 Å². The zero-order valence-electron chi connectivity index (χ0n) is 16.9. The molecular weight excluding hydrogens is 388 g/mol. The van der Waals surface area contributed by atoms with Gasteiger partial charge in [0.1, 0.15) is 5.01 Å². The molecule has 0 radical (unpaired) electrons. The van der Waals surface area contributed by atoms with E-state index in [0.717, 1.165) is 48.1 Å². The number of fused-ring (bicyclic) bond motifs is 1. The molecule has 2 amide bonds. The Morgan fingerprint density at radius 3 is 2.86 bits per heavy atom. The third kappa shape index (κ3) is 4.94. The Balaban J connectivity index is 1.32. The van der Waals surface area contributed by atoms with E-state index in [-0.39, 0.29) is 17.7 Å². The summed E-state index contributed by atoms with van der Waals surface area (Å²) < 4.78 is 6.52. The van der Waals surface area contributed by atoms with Crippen molar-refractivity contribution in [2.45, 2.75) is 19.4 Å². The minimum Gasteiger partial charge on any atom is -0.379 e. The second-order valence-corrected chi connectivity index (χ2v) is 8.91. The zero-order chi connectivity index (χ0) is 20.2. The molecule has 3 heterocycles. The number of thiazole rings is 1. The molecule has 7 nitrogen and oxygen atoms in total. The number of rotatable bonds is 6. The number of benzene rings is 1. The van der Waals surface area contributed by atoms with Gasteiger partial charge in [0.25, 0.3) is 0 Å². The molecule has 1 atom stereocenters. The first-order chi connectivity index (χ1) is 14.1. The topological polar surface area (TPSA) is 66.0 Å². The fraction of sp³-hybridized carbons (Fsp3) is 0.571. The van der Waals surface area contributed by atoms with Crippen LogP contribution in [-0.2, 0) is 20.9 Å². The summed E-state index contributed by atoms with van der Waals surface area (Å²) in [7, 11) is 1.84. The van der Waals surface area contributed by atoms with Gasteiger partial charge in [0.2, 0.25) is 11.8 Å². The smallest absolute Gasteiger partial charge is 0.227 e. The van der Waals surface area contributed by atoms with Crippen LogP contribution in [0.25, 0.3) is 10.2 Å². The number of nitrogens with zero attached hydrogens (tertiary/aromatic N) is 4. The lowest BCUT2D eigenvalue weighted by molar-refractivity contribution is -0.142. The van der Waals surface area contributed by atoms with E-state index >= 15 is 0 Å². The molecule has 0 bridgehead atoms. The van der Waals surface area contributed by atoms with Crippen LogP contribution in [0.1, 0.15) is 17.8 Å². The highest BCUT2D eigenvalue weighted by atomic mass is 32.1. The summed E-state index contributed by atoms with van der Waals surface area (Å²) in [5.74, 6) is 0.140. The predicted octanol–water partition coefficient (Wildman–Crippen LogP) is 1.83. The van der Waals surface area contributed by atoms with Crippen molar-refractivity contribution in [2.24, 2.45) is 5.92 Å². The molecule has 2 saturated heterocycles. The number of likely N-dealkylation sites (tertiary alicyclic amines) is 1. The normalized spacial score (nSPS) is 20.9. The average Bonchev–Trinajstić information content (AvgIpc) is 3.15. The standard InChI is InChI=1S/C21H28N4O3S/c1-23(15-19-22-17-4-2-3-5-18(17)29-19)21(27)16-6-7-20(26)25(14-16)9-8-24-10-12-28-13-11-24/h2-5,16H,6-15H2,1H3/t16-/m0/s1. The van der Waals surface area contributed by atoms with Crippen molar-refractivity contribution < 1.29 is 14.3 Å². The van der Waals surface area contributed by atoms with Crippen LogP contribution in [-0.4, -0.2) is 84.5 Å².